The molecule has 4 aliphatic rings. The fraction of sp³-hybridized carbons (Fsp3) is 0.692. The molecule has 0 amide bonds. The molecule has 6 atom stereocenters. The molecule has 0 heterocycles. The van der Waals surface area contributed by atoms with Gasteiger partial charge in [-0.05, 0) is 99.1 Å². The van der Waals surface area contributed by atoms with Crippen molar-refractivity contribution in [3.8, 4) is 0 Å². The highest BCUT2D eigenvalue weighted by Crippen LogP contribution is 2.60. The summed E-state index contributed by atoms with van der Waals surface area (Å²) in [5.74, 6) is 4.74. The van der Waals surface area contributed by atoms with Crippen LogP contribution in [0.15, 0.2) is 48.6 Å². The summed E-state index contributed by atoms with van der Waals surface area (Å²) >= 11 is 0. The summed E-state index contributed by atoms with van der Waals surface area (Å²) in [7, 11) is -1.41. The van der Waals surface area contributed by atoms with Crippen LogP contribution < -0.4 is 0 Å². The summed E-state index contributed by atoms with van der Waals surface area (Å²) in [6, 6.07) is 0. The summed E-state index contributed by atoms with van der Waals surface area (Å²) in [5.41, 5.74) is 0.423. The van der Waals surface area contributed by atoms with E-state index in [2.05, 4.69) is 75.2 Å². The van der Waals surface area contributed by atoms with Crippen LogP contribution in [0.5, 0.6) is 0 Å². The van der Waals surface area contributed by atoms with Crippen molar-refractivity contribution in [2.45, 2.75) is 65.1 Å². The van der Waals surface area contributed by atoms with E-state index in [-0.39, 0.29) is 0 Å². The summed E-state index contributed by atoms with van der Waals surface area (Å²) in [6.45, 7) is 10.6. The first-order chi connectivity index (χ1) is 13.4. The van der Waals surface area contributed by atoms with Crippen molar-refractivity contribution in [1.82, 2.24) is 0 Å². The third kappa shape index (κ3) is 4.05. The normalized spacial score (nSPS) is 38.4. The van der Waals surface area contributed by atoms with Gasteiger partial charge in [-0.1, -0.05) is 55.5 Å². The molecule has 1 nitrogen and oxygen atoms in total. The highest BCUT2D eigenvalue weighted by molar-refractivity contribution is 6.69. The van der Waals surface area contributed by atoms with Gasteiger partial charge in [0.15, 0.2) is 8.32 Å². The molecule has 0 radical (unpaired) electrons. The lowest BCUT2D eigenvalue weighted by Crippen LogP contribution is -2.40. The topological polar surface area (TPSA) is 9.23 Å². The van der Waals surface area contributed by atoms with E-state index >= 15 is 0 Å². The smallest absolute Gasteiger partial charge is 0.183 e. The molecule has 0 N–H and O–H groups in total. The van der Waals surface area contributed by atoms with Gasteiger partial charge in [-0.3, -0.25) is 0 Å². The first-order valence-corrected chi connectivity index (χ1v) is 15.1. The molecule has 4 rings (SSSR count). The second-order valence-electron chi connectivity index (χ2n) is 11.0. The Hall–Kier alpha value is -0.863. The van der Waals surface area contributed by atoms with Crippen molar-refractivity contribution in [2.24, 2.45) is 40.9 Å². The van der Waals surface area contributed by atoms with E-state index in [0.29, 0.717) is 5.41 Å². The molecule has 0 bridgehead atoms. The molecule has 0 spiro atoms. The highest BCUT2D eigenvalue weighted by Gasteiger charge is 2.52. The Morgan fingerprint density at radius 2 is 1.29 bits per heavy atom. The predicted octanol–water partition coefficient (Wildman–Crippen LogP) is 7.16. The molecule has 2 saturated carbocycles. The van der Waals surface area contributed by atoms with Gasteiger partial charge in [0.05, 0.1) is 0 Å². The fourth-order valence-corrected chi connectivity index (χ4v) is 7.68. The molecule has 0 aromatic heterocycles. The number of allylic oxidation sites excluding steroid dienone is 8. The van der Waals surface area contributed by atoms with Gasteiger partial charge in [-0.25, -0.2) is 0 Å². The van der Waals surface area contributed by atoms with Gasteiger partial charge in [-0.2, -0.15) is 0 Å². The van der Waals surface area contributed by atoms with E-state index < -0.39 is 8.32 Å². The Labute approximate surface area is 174 Å². The monoisotopic (exact) mass is 396 g/mol. The molecule has 2 fully saturated rings. The number of hydrogen-bond donors (Lipinski definition) is 0. The maximum atomic E-state index is 6.25. The minimum atomic E-state index is -1.41. The van der Waals surface area contributed by atoms with Gasteiger partial charge in [0.25, 0.3) is 0 Å². The van der Waals surface area contributed by atoms with Crippen LogP contribution in [0.2, 0.25) is 19.6 Å². The largest absolute Gasteiger partial charge is 0.418 e. The Morgan fingerprint density at radius 3 is 1.79 bits per heavy atom. The fourth-order valence-electron chi connectivity index (χ4n) is 6.93. The number of rotatable bonds is 7. The highest BCUT2D eigenvalue weighted by atomic mass is 28.4. The molecular formula is C26H40OSi. The van der Waals surface area contributed by atoms with E-state index in [9.17, 15) is 0 Å². The van der Waals surface area contributed by atoms with Gasteiger partial charge in [0, 0.05) is 6.61 Å². The molecule has 0 aromatic rings. The van der Waals surface area contributed by atoms with Crippen LogP contribution in [0.1, 0.15) is 45.4 Å². The summed E-state index contributed by atoms with van der Waals surface area (Å²) in [5, 5.41) is 0. The lowest BCUT2D eigenvalue weighted by atomic mass is 9.58. The maximum absolute atomic E-state index is 6.25. The average Bonchev–Trinajstić information content (AvgIpc) is 3.29. The zero-order valence-corrected chi connectivity index (χ0v) is 19.4. The standard InChI is InChI=1S/C26H40OSi/c1-26(18-9-19-27-28(2,3)4,24-16-14-20-10-5-7-12-22(20)24)25-17-15-21-11-6-8-13-23(21)25/h5-8,10-13,20-25H,9,14-19H2,1-4H3. The van der Waals surface area contributed by atoms with Crippen molar-refractivity contribution >= 4 is 8.32 Å². The third-order valence-electron chi connectivity index (χ3n) is 8.23. The van der Waals surface area contributed by atoms with Crippen LogP contribution >= 0.6 is 0 Å². The van der Waals surface area contributed by atoms with E-state index in [1.807, 2.05) is 0 Å². The first-order valence-electron chi connectivity index (χ1n) is 11.7. The Morgan fingerprint density at radius 1 is 0.786 bits per heavy atom. The third-order valence-corrected chi connectivity index (χ3v) is 9.30. The first kappa shape index (κ1) is 20.4. The van der Waals surface area contributed by atoms with E-state index in [1.165, 1.54) is 38.5 Å². The number of hydrogen-bond acceptors (Lipinski definition) is 1. The van der Waals surface area contributed by atoms with Crippen LogP contribution in [0.3, 0.4) is 0 Å². The SMILES string of the molecule is CC(CCCO[Si](C)(C)C)(C1CCC2C=CC=CC21)C1CCC2C=CC=CC21. The van der Waals surface area contributed by atoms with Crippen LogP contribution in [-0.2, 0) is 4.43 Å². The molecule has 0 saturated heterocycles. The lowest BCUT2D eigenvalue weighted by Gasteiger charge is -2.47. The molecule has 0 aromatic carbocycles. The molecular weight excluding hydrogens is 356 g/mol. The van der Waals surface area contributed by atoms with Crippen molar-refractivity contribution in [3.05, 3.63) is 48.6 Å². The Kier molecular flexibility index (Phi) is 5.91. The predicted molar refractivity (Wildman–Crippen MR) is 123 cm³/mol. The van der Waals surface area contributed by atoms with Crippen molar-refractivity contribution in [2.75, 3.05) is 6.61 Å². The van der Waals surface area contributed by atoms with Crippen LogP contribution in [0, 0.1) is 40.9 Å². The molecule has 2 heteroatoms. The van der Waals surface area contributed by atoms with E-state index in [0.717, 1.165) is 42.1 Å². The van der Waals surface area contributed by atoms with Gasteiger partial charge in [0.1, 0.15) is 0 Å². The van der Waals surface area contributed by atoms with Crippen LogP contribution in [-0.4, -0.2) is 14.9 Å². The quantitative estimate of drug-likeness (QED) is 0.327. The summed E-state index contributed by atoms with van der Waals surface area (Å²) in [6.07, 6.45) is 27.4. The Balaban J connectivity index is 1.54. The molecule has 4 aliphatic carbocycles. The molecule has 6 unspecified atom stereocenters. The number of fused-ring (bicyclic) bond motifs is 2. The minimum Gasteiger partial charge on any atom is -0.418 e. The zero-order valence-electron chi connectivity index (χ0n) is 18.4. The molecule has 0 aliphatic heterocycles. The summed E-state index contributed by atoms with van der Waals surface area (Å²) < 4.78 is 6.25. The van der Waals surface area contributed by atoms with Crippen LogP contribution in [0.25, 0.3) is 0 Å². The second-order valence-corrected chi connectivity index (χ2v) is 15.5. The summed E-state index contributed by atoms with van der Waals surface area (Å²) in [4.78, 5) is 0. The van der Waals surface area contributed by atoms with E-state index in [1.54, 1.807) is 0 Å². The van der Waals surface area contributed by atoms with Crippen molar-refractivity contribution in [1.29, 1.82) is 0 Å². The zero-order chi connectivity index (χ0) is 19.8. The minimum absolute atomic E-state index is 0.423. The van der Waals surface area contributed by atoms with Crippen molar-refractivity contribution in [3.63, 3.8) is 0 Å². The van der Waals surface area contributed by atoms with Crippen LogP contribution in [0.4, 0.5) is 0 Å². The van der Waals surface area contributed by atoms with Gasteiger partial charge >= 0.3 is 0 Å². The van der Waals surface area contributed by atoms with Gasteiger partial charge in [0.2, 0.25) is 0 Å². The average molecular weight is 397 g/mol. The lowest BCUT2D eigenvalue weighted by molar-refractivity contribution is 0.0383. The van der Waals surface area contributed by atoms with Gasteiger partial charge < -0.3 is 4.43 Å². The van der Waals surface area contributed by atoms with E-state index in [4.69, 9.17) is 4.43 Å². The molecule has 154 valence electrons. The van der Waals surface area contributed by atoms with Gasteiger partial charge in [-0.15, -0.1) is 0 Å². The van der Waals surface area contributed by atoms with Crippen molar-refractivity contribution < 1.29 is 4.43 Å². The Bertz CT molecular complexity index is 620. The molecule has 28 heavy (non-hydrogen) atoms. The second kappa shape index (κ2) is 8.11. The maximum Gasteiger partial charge on any atom is 0.183 e.